The molecule has 20 nitrogen and oxygen atoms in total. The first-order valence-electron chi connectivity index (χ1n) is 14.6. The van der Waals surface area contributed by atoms with Gasteiger partial charge < -0.3 is 64.9 Å². The van der Waals surface area contributed by atoms with Crippen molar-refractivity contribution in [1.82, 2.24) is 37.2 Å². The highest BCUT2D eigenvalue weighted by Gasteiger charge is 2.27. The van der Waals surface area contributed by atoms with Gasteiger partial charge in [0.2, 0.25) is 35.4 Å². The number of hydrogen-bond acceptors (Lipinski definition) is 10. The lowest BCUT2D eigenvalue weighted by molar-refractivity contribution is -0.133. The third-order valence-electron chi connectivity index (χ3n) is 6.23. The molecular weight excluding hydrogens is 606 g/mol. The van der Waals surface area contributed by atoms with E-state index in [-0.39, 0.29) is 44.7 Å². The average Bonchev–Trinajstić information content (AvgIpc) is 3.01. The Hall–Kier alpha value is -5.01. The predicted octanol–water partition coefficient (Wildman–Crippen LogP) is -5.89. The Bertz CT molecular complexity index is 1100. The van der Waals surface area contributed by atoms with Crippen molar-refractivity contribution >= 4 is 53.6 Å². The Balaban J connectivity index is 5.45. The fourth-order valence-electron chi connectivity index (χ4n) is 3.78. The number of amides is 6. The third-order valence-corrected chi connectivity index (χ3v) is 6.23. The minimum absolute atomic E-state index is 0.00347. The van der Waals surface area contributed by atoms with Crippen LogP contribution in [0.4, 0.5) is 0 Å². The van der Waals surface area contributed by atoms with Crippen LogP contribution < -0.4 is 60.2 Å². The monoisotopic (exact) mass is 655 g/mol. The minimum Gasteiger partial charge on any atom is -0.370 e. The number of guanidine groups is 2. The number of nitrogens with two attached hydrogens (primary N) is 4. The summed E-state index contributed by atoms with van der Waals surface area (Å²) in [7, 11) is 3.25. The molecular formula is C26H49N13O7. The van der Waals surface area contributed by atoms with Gasteiger partial charge in [-0.25, -0.2) is 0 Å². The van der Waals surface area contributed by atoms with E-state index in [9.17, 15) is 33.6 Å². The number of aldehydes is 1. The maximum Gasteiger partial charge on any atom is 0.243 e. The molecule has 0 spiro atoms. The van der Waals surface area contributed by atoms with Crippen molar-refractivity contribution in [2.24, 2.45) is 32.9 Å². The van der Waals surface area contributed by atoms with E-state index in [0.29, 0.717) is 31.6 Å². The Kier molecular flexibility index (Phi) is 20.8. The highest BCUT2D eigenvalue weighted by atomic mass is 16.2. The van der Waals surface area contributed by atoms with Crippen LogP contribution in [-0.2, 0) is 33.6 Å². The molecule has 0 aromatic rings. The van der Waals surface area contributed by atoms with Crippen molar-refractivity contribution in [1.29, 1.82) is 0 Å². The molecule has 0 bridgehead atoms. The van der Waals surface area contributed by atoms with Crippen molar-refractivity contribution in [3.05, 3.63) is 0 Å². The van der Waals surface area contributed by atoms with Crippen LogP contribution in [0.2, 0.25) is 0 Å². The number of aliphatic imine (C=N–C) groups is 2. The normalized spacial score (nSPS) is 13.4. The lowest BCUT2D eigenvalue weighted by atomic mass is 10.1. The number of hydrogen-bond donors (Lipinski definition) is 11. The molecule has 4 atom stereocenters. The van der Waals surface area contributed by atoms with Crippen molar-refractivity contribution < 1.29 is 33.6 Å². The Morgan fingerprint density at radius 3 is 2.02 bits per heavy atom. The molecule has 0 heterocycles. The van der Waals surface area contributed by atoms with Crippen LogP contribution in [0.25, 0.3) is 0 Å². The van der Waals surface area contributed by atoms with E-state index in [1.165, 1.54) is 6.92 Å². The van der Waals surface area contributed by atoms with E-state index >= 15 is 0 Å². The zero-order chi connectivity index (χ0) is 35.1. The van der Waals surface area contributed by atoms with Gasteiger partial charge in [-0.2, -0.15) is 0 Å². The van der Waals surface area contributed by atoms with Gasteiger partial charge in [-0.15, -0.1) is 0 Å². The summed E-state index contributed by atoms with van der Waals surface area (Å²) in [6, 6.07) is -4.28. The lowest BCUT2D eigenvalue weighted by Gasteiger charge is -2.23. The van der Waals surface area contributed by atoms with Crippen molar-refractivity contribution in [3.63, 3.8) is 0 Å². The zero-order valence-electron chi connectivity index (χ0n) is 26.5. The number of nitrogens with one attached hydrogen (secondary N) is 7. The summed E-state index contributed by atoms with van der Waals surface area (Å²) in [5, 5.41) is 18.2. The van der Waals surface area contributed by atoms with E-state index in [1.807, 2.05) is 0 Å². The maximum atomic E-state index is 13.1. The molecule has 6 amide bonds. The first-order chi connectivity index (χ1) is 21.8. The van der Waals surface area contributed by atoms with Gasteiger partial charge in [-0.3, -0.25) is 38.8 Å². The molecule has 0 aromatic heterocycles. The average molecular weight is 656 g/mol. The fraction of sp³-hybridized carbons (Fsp3) is 0.654. The molecule has 0 aliphatic rings. The van der Waals surface area contributed by atoms with Crippen LogP contribution in [0.5, 0.6) is 0 Å². The van der Waals surface area contributed by atoms with Crippen LogP contribution in [-0.4, -0.2) is 118 Å². The van der Waals surface area contributed by atoms with Crippen LogP contribution in [0, 0.1) is 0 Å². The molecule has 0 radical (unpaired) electrons. The van der Waals surface area contributed by atoms with Crippen LogP contribution >= 0.6 is 0 Å². The van der Waals surface area contributed by atoms with Crippen LogP contribution in [0.1, 0.15) is 45.4 Å². The van der Waals surface area contributed by atoms with Gasteiger partial charge >= 0.3 is 0 Å². The van der Waals surface area contributed by atoms with E-state index < -0.39 is 66.2 Å². The molecule has 0 fully saturated rings. The van der Waals surface area contributed by atoms with Gasteiger partial charge in [0.25, 0.3) is 0 Å². The molecule has 0 unspecified atom stereocenters. The first kappa shape index (κ1) is 41.0. The molecule has 15 N–H and O–H groups in total. The topological polar surface area (TPSA) is 332 Å². The summed E-state index contributed by atoms with van der Waals surface area (Å²) >= 11 is 0. The largest absolute Gasteiger partial charge is 0.370 e. The SMILES string of the molecule is CN=C(NC)NCCC[C@H](NC(=O)[C@H](C)NC(=O)[C@H](CCCN=C(N)N)NC(=O)CN)C(=O)NCC(=O)N[C@H](C=O)CCC(N)=O. The second kappa shape index (κ2) is 23.4. The summed E-state index contributed by atoms with van der Waals surface area (Å²) in [6.45, 7) is 1.09. The van der Waals surface area contributed by atoms with Gasteiger partial charge in [0.15, 0.2) is 11.9 Å². The first-order valence-corrected chi connectivity index (χ1v) is 14.6. The summed E-state index contributed by atoms with van der Waals surface area (Å²) in [6.07, 6.45) is 1.31. The summed E-state index contributed by atoms with van der Waals surface area (Å²) in [4.78, 5) is 93.2. The number of rotatable bonds is 22. The van der Waals surface area contributed by atoms with E-state index in [4.69, 9.17) is 22.9 Å². The highest BCUT2D eigenvalue weighted by Crippen LogP contribution is 2.02. The van der Waals surface area contributed by atoms with E-state index in [2.05, 4.69) is 47.2 Å². The predicted molar refractivity (Wildman–Crippen MR) is 170 cm³/mol. The van der Waals surface area contributed by atoms with Gasteiger partial charge in [0, 0.05) is 33.6 Å². The highest BCUT2D eigenvalue weighted by molar-refractivity contribution is 5.95. The van der Waals surface area contributed by atoms with Crippen molar-refractivity contribution in [2.45, 2.75) is 69.6 Å². The molecule has 0 saturated heterocycles. The van der Waals surface area contributed by atoms with Gasteiger partial charge in [0.1, 0.15) is 24.4 Å². The molecule has 260 valence electrons. The second-order valence-electron chi connectivity index (χ2n) is 9.99. The van der Waals surface area contributed by atoms with Crippen molar-refractivity contribution in [3.8, 4) is 0 Å². The Morgan fingerprint density at radius 1 is 0.804 bits per heavy atom. The number of carbonyl (C=O) groups excluding carboxylic acids is 7. The smallest absolute Gasteiger partial charge is 0.243 e. The molecule has 0 saturated carbocycles. The molecule has 0 aromatic carbocycles. The maximum absolute atomic E-state index is 13.1. The molecule has 0 aliphatic carbocycles. The minimum atomic E-state index is -1.14. The van der Waals surface area contributed by atoms with Gasteiger partial charge in [-0.05, 0) is 39.0 Å². The standard InChI is InChI=1S/C26H49N13O7/c1-15(36-24(46)18(38-20(42)12-27)7-4-10-33-25(29)30)22(44)39-17(6-5-11-34-26(31-2)32-3)23(45)35-13-21(43)37-16(14-40)8-9-19(28)41/h14-18H,4-13,27H2,1-3H3,(H2,28,41)(H,35,45)(H,36,46)(H,37,43)(H,38,42)(H,39,44)(H4,29,30,33)(H2,31,32,34)/t15-,16-,17-,18-/m0/s1. The van der Waals surface area contributed by atoms with Crippen molar-refractivity contribution in [2.75, 3.05) is 40.3 Å². The van der Waals surface area contributed by atoms with E-state index in [1.54, 1.807) is 14.1 Å². The molecule has 20 heteroatoms. The Labute approximate surface area is 267 Å². The summed E-state index contributed by atoms with van der Waals surface area (Å²) in [5.41, 5.74) is 21.0. The quantitative estimate of drug-likeness (QED) is 0.0225. The zero-order valence-corrected chi connectivity index (χ0v) is 26.5. The van der Waals surface area contributed by atoms with E-state index in [0.717, 1.165) is 0 Å². The van der Waals surface area contributed by atoms with Gasteiger partial charge in [-0.1, -0.05) is 0 Å². The fourth-order valence-corrected chi connectivity index (χ4v) is 3.78. The number of nitrogens with zero attached hydrogens (tertiary/aromatic N) is 2. The lowest BCUT2D eigenvalue weighted by Crippen LogP contribution is -2.56. The van der Waals surface area contributed by atoms with Crippen LogP contribution in [0.15, 0.2) is 9.98 Å². The second-order valence-corrected chi connectivity index (χ2v) is 9.99. The third kappa shape index (κ3) is 18.6. The Morgan fingerprint density at radius 2 is 1.46 bits per heavy atom. The van der Waals surface area contributed by atoms with Gasteiger partial charge in [0.05, 0.1) is 19.1 Å². The van der Waals surface area contributed by atoms with Crippen LogP contribution in [0.3, 0.4) is 0 Å². The summed E-state index contributed by atoms with van der Waals surface area (Å²) < 4.78 is 0. The molecule has 0 rings (SSSR count). The molecule has 46 heavy (non-hydrogen) atoms. The molecule has 0 aliphatic heterocycles. The number of primary amides is 1. The number of carbonyl (C=O) groups is 7. The summed E-state index contributed by atoms with van der Waals surface area (Å²) in [5.74, 6) is -3.64.